The number of aromatic hydroxyl groups is 2. The summed E-state index contributed by atoms with van der Waals surface area (Å²) < 4.78 is 25.3. The topological polar surface area (TPSA) is 148 Å². The Kier molecular flexibility index (Phi) is 9.60. The van der Waals surface area contributed by atoms with Crippen LogP contribution in [-0.2, 0) is 34.2 Å². The van der Waals surface area contributed by atoms with Crippen molar-refractivity contribution in [2.24, 2.45) is 0 Å². The number of carbonyl (C=O) groups is 1. The van der Waals surface area contributed by atoms with Gasteiger partial charge < -0.3 is 26.0 Å². The Morgan fingerprint density at radius 1 is 0.974 bits per heavy atom. The van der Waals surface area contributed by atoms with Gasteiger partial charge in [0.25, 0.3) is 0 Å². The maximum atomic E-state index is 12.5. The summed E-state index contributed by atoms with van der Waals surface area (Å²) in [4.78, 5) is 12.5. The highest BCUT2D eigenvalue weighted by atomic mass is 32.2. The summed E-state index contributed by atoms with van der Waals surface area (Å²) in [6, 6.07) is 17.3. The van der Waals surface area contributed by atoms with Crippen LogP contribution in [0.15, 0.2) is 60.7 Å². The number of hydrogen-bond donors (Lipinski definition) is 6. The van der Waals surface area contributed by atoms with Gasteiger partial charge in [0.05, 0.1) is 24.5 Å². The van der Waals surface area contributed by atoms with Crippen molar-refractivity contribution < 1.29 is 28.5 Å². The molecule has 210 valence electrons. The average molecular weight is 556 g/mol. The molecule has 39 heavy (non-hydrogen) atoms. The molecule has 9 nitrogen and oxygen atoms in total. The Morgan fingerprint density at radius 2 is 1.69 bits per heavy atom. The first-order chi connectivity index (χ1) is 18.2. The van der Waals surface area contributed by atoms with Crippen LogP contribution < -0.4 is 15.4 Å². The van der Waals surface area contributed by atoms with Gasteiger partial charge in [0, 0.05) is 18.6 Å². The average Bonchev–Trinajstić information content (AvgIpc) is 2.81. The molecule has 0 aliphatic heterocycles. The van der Waals surface area contributed by atoms with Gasteiger partial charge in [-0.2, -0.15) is 0 Å². The molecule has 0 aliphatic rings. The molecule has 6 N–H and O–H groups in total. The van der Waals surface area contributed by atoms with E-state index in [0.717, 1.165) is 28.5 Å². The lowest BCUT2D eigenvalue weighted by molar-refractivity contribution is -0.120. The van der Waals surface area contributed by atoms with E-state index in [-0.39, 0.29) is 36.1 Å². The molecule has 1 amide bonds. The van der Waals surface area contributed by atoms with Crippen molar-refractivity contribution in [1.29, 1.82) is 0 Å². The van der Waals surface area contributed by atoms with Crippen molar-refractivity contribution in [2.45, 2.75) is 51.8 Å². The zero-order chi connectivity index (χ0) is 28.8. The highest BCUT2D eigenvalue weighted by molar-refractivity contribution is 7.92. The minimum absolute atomic E-state index is 0.00573. The summed E-state index contributed by atoms with van der Waals surface area (Å²) in [5.41, 5.74) is 3.72. The van der Waals surface area contributed by atoms with Crippen LogP contribution in [0.3, 0.4) is 0 Å². The molecule has 0 saturated carbocycles. The highest BCUT2D eigenvalue weighted by Crippen LogP contribution is 2.28. The Hall–Kier alpha value is -3.60. The molecule has 10 heteroatoms. The lowest BCUT2D eigenvalue weighted by Gasteiger charge is -2.28. The molecule has 3 rings (SSSR count). The summed E-state index contributed by atoms with van der Waals surface area (Å²) in [6.07, 6.45) is 0.908. The minimum Gasteiger partial charge on any atom is -0.508 e. The van der Waals surface area contributed by atoms with Crippen molar-refractivity contribution in [1.82, 2.24) is 10.6 Å². The van der Waals surface area contributed by atoms with E-state index in [9.17, 15) is 28.5 Å². The Morgan fingerprint density at radius 3 is 2.38 bits per heavy atom. The number of sulfonamides is 1. The Balaban J connectivity index is 1.55. The fourth-order valence-electron chi connectivity index (χ4n) is 4.35. The zero-order valence-electron chi connectivity index (χ0n) is 22.7. The van der Waals surface area contributed by atoms with Gasteiger partial charge in [-0.05, 0) is 79.3 Å². The van der Waals surface area contributed by atoms with Gasteiger partial charge in [-0.3, -0.25) is 9.52 Å². The van der Waals surface area contributed by atoms with Gasteiger partial charge in [-0.1, -0.05) is 36.4 Å². The van der Waals surface area contributed by atoms with Crippen molar-refractivity contribution in [2.75, 3.05) is 17.5 Å². The monoisotopic (exact) mass is 555 g/mol. The number of anilines is 1. The van der Waals surface area contributed by atoms with Crippen molar-refractivity contribution in [3.8, 4) is 11.5 Å². The number of benzene rings is 3. The molecule has 1 atom stereocenters. The molecule has 0 radical (unpaired) electrons. The first-order valence-electron chi connectivity index (χ1n) is 12.6. The van der Waals surface area contributed by atoms with Gasteiger partial charge in [0.15, 0.2) is 0 Å². The first kappa shape index (κ1) is 29.9. The second kappa shape index (κ2) is 12.5. The summed E-state index contributed by atoms with van der Waals surface area (Å²) in [7, 11) is -3.58. The van der Waals surface area contributed by atoms with Gasteiger partial charge in [-0.25, -0.2) is 8.42 Å². The third-order valence-corrected chi connectivity index (χ3v) is 6.68. The zero-order valence-corrected chi connectivity index (χ0v) is 23.5. The molecule has 0 spiro atoms. The molecule has 0 saturated heterocycles. The van der Waals surface area contributed by atoms with Gasteiger partial charge in [0.2, 0.25) is 15.9 Å². The quantitative estimate of drug-likeness (QED) is 0.188. The van der Waals surface area contributed by atoms with Crippen molar-refractivity contribution in [3.05, 3.63) is 88.5 Å². The fourth-order valence-corrected chi connectivity index (χ4v) is 4.91. The molecule has 0 unspecified atom stereocenters. The van der Waals surface area contributed by atoms with E-state index in [2.05, 4.69) is 15.4 Å². The number of phenols is 2. The normalized spacial score (nSPS) is 12.6. The van der Waals surface area contributed by atoms with Gasteiger partial charge >= 0.3 is 0 Å². The third kappa shape index (κ3) is 9.90. The second-order valence-electron chi connectivity index (χ2n) is 10.6. The molecular weight excluding hydrogens is 518 g/mol. The van der Waals surface area contributed by atoms with Crippen LogP contribution in [0.25, 0.3) is 0 Å². The number of nitrogens with one attached hydrogen (secondary N) is 3. The van der Waals surface area contributed by atoms with Crippen LogP contribution in [0.5, 0.6) is 11.5 Å². The molecule has 0 bridgehead atoms. The van der Waals surface area contributed by atoms with Crippen LogP contribution in [0.2, 0.25) is 0 Å². The van der Waals surface area contributed by atoms with E-state index >= 15 is 0 Å². The fraction of sp³-hybridized carbons (Fsp3) is 0.345. The lowest BCUT2D eigenvalue weighted by atomic mass is 9.93. The van der Waals surface area contributed by atoms with E-state index in [1.54, 1.807) is 18.2 Å². The Bertz CT molecular complexity index is 1400. The summed E-state index contributed by atoms with van der Waals surface area (Å²) in [6.45, 7) is 6.43. The minimum atomic E-state index is -3.58. The Labute approximate surface area is 230 Å². The first-order valence-corrected chi connectivity index (χ1v) is 14.5. The number of rotatable bonds is 12. The van der Waals surface area contributed by atoms with E-state index in [1.807, 2.05) is 51.1 Å². The number of phenolic OH excluding ortho intramolecular Hbond substituents is 2. The second-order valence-corrected chi connectivity index (χ2v) is 12.3. The van der Waals surface area contributed by atoms with Crippen molar-refractivity contribution in [3.63, 3.8) is 0 Å². The molecule has 0 aliphatic carbocycles. The molecule has 3 aromatic rings. The van der Waals surface area contributed by atoms with E-state index in [1.165, 1.54) is 12.1 Å². The molecule has 0 heterocycles. The third-order valence-electron chi connectivity index (χ3n) is 6.09. The van der Waals surface area contributed by atoms with E-state index < -0.39 is 21.7 Å². The van der Waals surface area contributed by atoms with Gasteiger partial charge in [0.1, 0.15) is 11.5 Å². The molecular formula is C29H37N3O6S. The number of carbonyl (C=O) groups excluding carboxylic acids is 1. The smallest absolute Gasteiger partial charge is 0.229 e. The summed E-state index contributed by atoms with van der Waals surface area (Å²) >= 11 is 0. The predicted molar refractivity (Wildman–Crippen MR) is 152 cm³/mol. The highest BCUT2D eigenvalue weighted by Gasteiger charge is 2.21. The van der Waals surface area contributed by atoms with Crippen LogP contribution in [0.4, 0.5) is 5.69 Å². The number of β-amino-alcohol motifs (C(OH)–C–C–N with tert-alkyl or cyclic N) is 1. The van der Waals surface area contributed by atoms with Crippen LogP contribution in [0.1, 0.15) is 47.8 Å². The predicted octanol–water partition coefficient (Wildman–Crippen LogP) is 3.28. The standard InChI is InChI=1S/C29H37N3O6S/c1-19-10-22(13-24(33)11-19)17-30-28(36)14-20-6-5-7-21(12-20)16-29(2,3)31-18-27(35)23-8-9-26(34)25(15-23)32-39(4,37)38/h5-13,15,27,31-35H,14,16-18H2,1-4H3,(H,30,36)/t27-/m0/s1. The molecule has 0 aromatic heterocycles. The number of amides is 1. The molecule has 3 aromatic carbocycles. The maximum Gasteiger partial charge on any atom is 0.229 e. The van der Waals surface area contributed by atoms with Crippen LogP contribution >= 0.6 is 0 Å². The maximum absolute atomic E-state index is 12.5. The lowest BCUT2D eigenvalue weighted by Crippen LogP contribution is -2.43. The molecule has 0 fully saturated rings. The number of aliphatic hydroxyl groups excluding tert-OH is 1. The number of aliphatic hydroxyl groups is 1. The summed E-state index contributed by atoms with van der Waals surface area (Å²) in [5, 5.41) is 36.6. The van der Waals surface area contributed by atoms with E-state index in [0.29, 0.717) is 18.5 Å². The summed E-state index contributed by atoms with van der Waals surface area (Å²) in [5.74, 6) is -0.174. The largest absolute Gasteiger partial charge is 0.508 e. The van der Waals surface area contributed by atoms with Crippen LogP contribution in [0, 0.1) is 6.92 Å². The van der Waals surface area contributed by atoms with Gasteiger partial charge in [-0.15, -0.1) is 0 Å². The van der Waals surface area contributed by atoms with Crippen LogP contribution in [-0.4, -0.2) is 48.0 Å². The number of hydrogen-bond acceptors (Lipinski definition) is 7. The van der Waals surface area contributed by atoms with E-state index in [4.69, 9.17) is 0 Å². The van der Waals surface area contributed by atoms with Crippen molar-refractivity contribution >= 4 is 21.6 Å². The SMILES string of the molecule is Cc1cc(O)cc(CNC(=O)Cc2cccc(CC(C)(C)NC[C@H](O)c3ccc(O)c(NS(C)(=O)=O)c3)c2)c1. The number of aryl methyl sites for hydroxylation is 1.